The van der Waals surface area contributed by atoms with E-state index < -0.39 is 5.97 Å². The molecule has 0 aliphatic carbocycles. The van der Waals surface area contributed by atoms with Gasteiger partial charge in [-0.05, 0) is 66.9 Å². The highest BCUT2D eigenvalue weighted by Gasteiger charge is 2.24. The van der Waals surface area contributed by atoms with Crippen LogP contribution in [0.25, 0.3) is 0 Å². The molecule has 0 amide bonds. The molecule has 0 radical (unpaired) electrons. The Balaban J connectivity index is 1.49. The van der Waals surface area contributed by atoms with Crippen molar-refractivity contribution in [2.75, 3.05) is 18.4 Å². The van der Waals surface area contributed by atoms with E-state index in [1.165, 1.54) is 11.1 Å². The summed E-state index contributed by atoms with van der Waals surface area (Å²) in [5.74, 6) is -0.866. The first-order valence-electron chi connectivity index (χ1n) is 10.7. The van der Waals surface area contributed by atoms with Crippen LogP contribution in [0.4, 0.5) is 5.69 Å². The molecule has 31 heavy (non-hydrogen) atoms. The molecule has 0 aromatic heterocycles. The lowest BCUT2D eigenvalue weighted by atomic mass is 9.96. The number of carboxylic acid groups (broad SMARTS) is 1. The Hall–Kier alpha value is -2.82. The highest BCUT2D eigenvalue weighted by Crippen LogP contribution is 2.28. The van der Waals surface area contributed by atoms with E-state index in [2.05, 4.69) is 70.9 Å². The van der Waals surface area contributed by atoms with E-state index in [1.807, 2.05) is 18.2 Å². The number of carboxylic acids is 1. The maximum absolute atomic E-state index is 11.2. The topological polar surface area (TPSA) is 52.6 Å². The smallest absolute Gasteiger partial charge is 0.306 e. The molecule has 0 saturated carbocycles. The maximum atomic E-state index is 11.2. The zero-order valence-electron chi connectivity index (χ0n) is 17.4. The highest BCUT2D eigenvalue weighted by molar-refractivity contribution is 6.30. The van der Waals surface area contributed by atoms with E-state index in [9.17, 15) is 9.90 Å². The molecule has 1 unspecified atom stereocenters. The Bertz CT molecular complexity index is 999. The van der Waals surface area contributed by atoms with E-state index in [4.69, 9.17) is 11.6 Å². The zero-order valence-corrected chi connectivity index (χ0v) is 18.1. The zero-order chi connectivity index (χ0) is 21.6. The molecule has 0 bridgehead atoms. The molecule has 5 heteroatoms. The fourth-order valence-corrected chi connectivity index (χ4v) is 4.31. The number of rotatable bonds is 7. The van der Waals surface area contributed by atoms with Crippen LogP contribution >= 0.6 is 11.6 Å². The van der Waals surface area contributed by atoms with Crippen LogP contribution in [0.15, 0.2) is 78.9 Å². The van der Waals surface area contributed by atoms with Crippen molar-refractivity contribution in [3.05, 3.63) is 101 Å². The molecule has 4 nitrogen and oxygen atoms in total. The number of piperidine rings is 1. The number of halogens is 1. The van der Waals surface area contributed by atoms with Crippen molar-refractivity contribution in [2.24, 2.45) is 5.92 Å². The third-order valence-corrected chi connectivity index (χ3v) is 6.17. The van der Waals surface area contributed by atoms with Crippen LogP contribution in [-0.4, -0.2) is 29.1 Å². The molecule has 2 N–H and O–H groups in total. The minimum Gasteiger partial charge on any atom is -0.481 e. The van der Waals surface area contributed by atoms with Crippen molar-refractivity contribution in [1.29, 1.82) is 0 Å². The molecule has 1 atom stereocenters. The second-order valence-electron chi connectivity index (χ2n) is 8.13. The number of likely N-dealkylation sites (tertiary alicyclic amines) is 1. The second-order valence-corrected chi connectivity index (χ2v) is 8.57. The summed E-state index contributed by atoms with van der Waals surface area (Å²) >= 11 is 6.10. The van der Waals surface area contributed by atoms with Crippen molar-refractivity contribution in [2.45, 2.75) is 25.4 Å². The Kier molecular flexibility index (Phi) is 6.90. The maximum Gasteiger partial charge on any atom is 0.306 e. The van der Waals surface area contributed by atoms with E-state index in [0.29, 0.717) is 0 Å². The first-order chi connectivity index (χ1) is 15.1. The van der Waals surface area contributed by atoms with Crippen molar-refractivity contribution in [3.63, 3.8) is 0 Å². The van der Waals surface area contributed by atoms with Gasteiger partial charge in [0.15, 0.2) is 0 Å². The quantitative estimate of drug-likeness (QED) is 0.490. The number of benzene rings is 3. The molecule has 3 aromatic carbocycles. The number of hydrogen-bond donors (Lipinski definition) is 2. The molecule has 160 valence electrons. The lowest BCUT2D eigenvalue weighted by Gasteiger charge is -2.30. The van der Waals surface area contributed by atoms with Crippen LogP contribution in [-0.2, 0) is 11.3 Å². The molecule has 4 rings (SSSR count). The second kappa shape index (κ2) is 9.99. The van der Waals surface area contributed by atoms with Crippen LogP contribution in [0.2, 0.25) is 5.02 Å². The number of nitrogens with one attached hydrogen (secondary N) is 1. The molecule has 1 fully saturated rings. The highest BCUT2D eigenvalue weighted by atomic mass is 35.5. The normalized spacial score (nSPS) is 16.0. The summed E-state index contributed by atoms with van der Waals surface area (Å²) in [5.41, 5.74) is 4.62. The first-order valence-corrected chi connectivity index (χ1v) is 11.1. The van der Waals surface area contributed by atoms with Gasteiger partial charge in [0, 0.05) is 17.3 Å². The molecule has 1 aliphatic heterocycles. The van der Waals surface area contributed by atoms with Gasteiger partial charge in [0.1, 0.15) is 0 Å². The number of nitrogens with zero attached hydrogens (tertiary/aromatic N) is 1. The minimum atomic E-state index is -0.667. The molecule has 1 heterocycles. The standard InChI is InChI=1S/C26H27ClN2O2/c27-23-11-9-21(10-12-23)25(20-6-2-1-3-7-20)28-24-8-4-5-19(17-24)18-29-15-13-22(14-16-29)26(30)31/h1-12,17,22,25,28H,13-16,18H2,(H,30,31). The van der Waals surface area contributed by atoms with Gasteiger partial charge < -0.3 is 10.4 Å². The average Bonchev–Trinajstić information content (AvgIpc) is 2.79. The Morgan fingerprint density at radius 3 is 2.32 bits per heavy atom. The van der Waals surface area contributed by atoms with Gasteiger partial charge in [-0.3, -0.25) is 9.69 Å². The lowest BCUT2D eigenvalue weighted by molar-refractivity contribution is -0.143. The van der Waals surface area contributed by atoms with E-state index in [0.717, 1.165) is 48.7 Å². The summed E-state index contributed by atoms with van der Waals surface area (Å²) in [5, 5.41) is 13.6. The Labute approximate surface area is 188 Å². The number of hydrogen-bond acceptors (Lipinski definition) is 3. The summed E-state index contributed by atoms with van der Waals surface area (Å²) < 4.78 is 0. The summed E-state index contributed by atoms with van der Waals surface area (Å²) in [6, 6.07) is 26.8. The van der Waals surface area contributed by atoms with Crippen molar-refractivity contribution >= 4 is 23.3 Å². The molecule has 1 saturated heterocycles. The molecular formula is C26H27ClN2O2. The van der Waals surface area contributed by atoms with Crippen LogP contribution < -0.4 is 5.32 Å². The fraction of sp³-hybridized carbons (Fsp3) is 0.269. The van der Waals surface area contributed by atoms with Crippen molar-refractivity contribution in [3.8, 4) is 0 Å². The van der Waals surface area contributed by atoms with Gasteiger partial charge in [0.2, 0.25) is 0 Å². The average molecular weight is 435 g/mol. The van der Waals surface area contributed by atoms with Gasteiger partial charge in [-0.25, -0.2) is 0 Å². The minimum absolute atomic E-state index is 0.0139. The summed E-state index contributed by atoms with van der Waals surface area (Å²) in [6.45, 7) is 2.48. The molecule has 1 aliphatic rings. The molecular weight excluding hydrogens is 408 g/mol. The van der Waals surface area contributed by atoms with Crippen LogP contribution in [0.3, 0.4) is 0 Å². The predicted molar refractivity (Wildman–Crippen MR) is 125 cm³/mol. The third kappa shape index (κ3) is 5.66. The SMILES string of the molecule is O=C(O)C1CCN(Cc2cccc(NC(c3ccccc3)c3ccc(Cl)cc3)c2)CC1. The lowest BCUT2D eigenvalue weighted by Crippen LogP contribution is -2.35. The molecule has 0 spiro atoms. The van der Waals surface area contributed by atoms with Crippen LogP contribution in [0, 0.1) is 5.92 Å². The first kappa shape index (κ1) is 21.4. The Morgan fingerprint density at radius 1 is 0.968 bits per heavy atom. The summed E-state index contributed by atoms with van der Waals surface area (Å²) in [6.07, 6.45) is 1.44. The van der Waals surface area contributed by atoms with Gasteiger partial charge in [0.25, 0.3) is 0 Å². The predicted octanol–water partition coefficient (Wildman–Crippen LogP) is 5.84. The number of aliphatic carboxylic acids is 1. The van der Waals surface area contributed by atoms with Crippen LogP contribution in [0.1, 0.15) is 35.6 Å². The van der Waals surface area contributed by atoms with Gasteiger partial charge in [-0.1, -0.05) is 66.2 Å². The van der Waals surface area contributed by atoms with Crippen LogP contribution in [0.5, 0.6) is 0 Å². The van der Waals surface area contributed by atoms with E-state index in [1.54, 1.807) is 0 Å². The summed E-state index contributed by atoms with van der Waals surface area (Å²) in [7, 11) is 0. The third-order valence-electron chi connectivity index (χ3n) is 5.92. The van der Waals surface area contributed by atoms with Gasteiger partial charge in [-0.15, -0.1) is 0 Å². The van der Waals surface area contributed by atoms with E-state index >= 15 is 0 Å². The Morgan fingerprint density at radius 2 is 1.65 bits per heavy atom. The number of anilines is 1. The van der Waals surface area contributed by atoms with Gasteiger partial charge >= 0.3 is 5.97 Å². The molecule has 3 aromatic rings. The van der Waals surface area contributed by atoms with Crippen molar-refractivity contribution in [1.82, 2.24) is 4.90 Å². The number of carbonyl (C=O) groups is 1. The van der Waals surface area contributed by atoms with Gasteiger partial charge in [-0.2, -0.15) is 0 Å². The monoisotopic (exact) mass is 434 g/mol. The van der Waals surface area contributed by atoms with E-state index in [-0.39, 0.29) is 12.0 Å². The summed E-state index contributed by atoms with van der Waals surface area (Å²) in [4.78, 5) is 13.5. The van der Waals surface area contributed by atoms with Crippen molar-refractivity contribution < 1.29 is 9.90 Å². The largest absolute Gasteiger partial charge is 0.481 e. The fourth-order valence-electron chi connectivity index (χ4n) is 4.18. The van der Waals surface area contributed by atoms with Gasteiger partial charge in [0.05, 0.1) is 12.0 Å².